The second-order valence-electron chi connectivity index (χ2n) is 4.14. The summed E-state index contributed by atoms with van der Waals surface area (Å²) in [6.45, 7) is 1.64. The van der Waals surface area contributed by atoms with Gasteiger partial charge in [0.25, 0.3) is 5.91 Å². The molecule has 0 unspecified atom stereocenters. The molecule has 2 rings (SSSR count). The average Bonchev–Trinajstić information content (AvgIpc) is 2.36. The molecular formula is C14H9FI3NO. The molecule has 0 spiro atoms. The van der Waals surface area contributed by atoms with Gasteiger partial charge in [0.05, 0.1) is 11.3 Å². The van der Waals surface area contributed by atoms with Crippen LogP contribution in [-0.2, 0) is 0 Å². The lowest BCUT2D eigenvalue weighted by atomic mass is 10.1. The zero-order valence-electron chi connectivity index (χ0n) is 10.3. The second kappa shape index (κ2) is 6.86. The van der Waals surface area contributed by atoms with Crippen molar-refractivity contribution in [1.29, 1.82) is 0 Å². The lowest BCUT2D eigenvalue weighted by Gasteiger charge is -2.11. The molecule has 20 heavy (non-hydrogen) atoms. The van der Waals surface area contributed by atoms with E-state index in [4.69, 9.17) is 0 Å². The smallest absolute Gasteiger partial charge is 0.258 e. The third-order valence-corrected chi connectivity index (χ3v) is 5.01. The van der Waals surface area contributed by atoms with Gasteiger partial charge in [0.15, 0.2) is 0 Å². The molecule has 0 atom stereocenters. The molecule has 0 aliphatic carbocycles. The minimum Gasteiger partial charge on any atom is -0.320 e. The minimum atomic E-state index is -0.472. The van der Waals surface area contributed by atoms with E-state index in [1.165, 1.54) is 6.07 Å². The highest BCUT2D eigenvalue weighted by Crippen LogP contribution is 2.28. The van der Waals surface area contributed by atoms with Gasteiger partial charge in [0.1, 0.15) is 5.82 Å². The number of rotatable bonds is 2. The SMILES string of the molecule is Cc1cccc(C(=O)Nc2c(I)cc(I)cc2I)c1F. The van der Waals surface area contributed by atoms with Gasteiger partial charge in [-0.15, -0.1) is 0 Å². The summed E-state index contributed by atoms with van der Waals surface area (Å²) >= 11 is 6.54. The van der Waals surface area contributed by atoms with Crippen LogP contribution in [0.1, 0.15) is 15.9 Å². The van der Waals surface area contributed by atoms with E-state index in [2.05, 4.69) is 73.1 Å². The van der Waals surface area contributed by atoms with Crippen LogP contribution in [0.15, 0.2) is 30.3 Å². The van der Waals surface area contributed by atoms with E-state index < -0.39 is 11.7 Å². The van der Waals surface area contributed by atoms with Crippen LogP contribution in [0.2, 0.25) is 0 Å². The van der Waals surface area contributed by atoms with Gasteiger partial charge in [-0.2, -0.15) is 0 Å². The Balaban J connectivity index is 2.36. The predicted molar refractivity (Wildman–Crippen MR) is 104 cm³/mol. The van der Waals surface area contributed by atoms with E-state index in [0.717, 1.165) is 16.4 Å². The second-order valence-corrected chi connectivity index (χ2v) is 7.71. The van der Waals surface area contributed by atoms with Crippen LogP contribution in [0.3, 0.4) is 0 Å². The molecule has 0 heterocycles. The first-order chi connectivity index (χ1) is 9.40. The predicted octanol–water partition coefficient (Wildman–Crippen LogP) is 5.20. The summed E-state index contributed by atoms with van der Waals surface area (Å²) in [5.41, 5.74) is 1.25. The first-order valence-corrected chi connectivity index (χ1v) is 8.85. The largest absolute Gasteiger partial charge is 0.320 e. The Labute approximate surface area is 157 Å². The van der Waals surface area contributed by atoms with Gasteiger partial charge >= 0.3 is 0 Å². The Morgan fingerprint density at radius 3 is 2.35 bits per heavy atom. The van der Waals surface area contributed by atoms with Crippen LogP contribution in [-0.4, -0.2) is 5.91 Å². The number of halogens is 4. The summed E-state index contributed by atoms with van der Waals surface area (Å²) in [4.78, 5) is 12.2. The third-order valence-electron chi connectivity index (χ3n) is 2.68. The van der Waals surface area contributed by atoms with Crippen molar-refractivity contribution in [3.05, 3.63) is 58.0 Å². The first kappa shape index (κ1) is 16.4. The molecule has 0 radical (unpaired) electrons. The number of hydrogen-bond acceptors (Lipinski definition) is 1. The lowest BCUT2D eigenvalue weighted by Crippen LogP contribution is -2.16. The number of hydrogen-bond donors (Lipinski definition) is 1. The highest BCUT2D eigenvalue weighted by molar-refractivity contribution is 14.1. The standard InChI is InChI=1S/C14H9FI3NO/c1-7-3-2-4-9(12(7)15)14(20)19-13-10(17)5-8(16)6-11(13)18/h2-6H,1H3,(H,19,20). The van der Waals surface area contributed by atoms with Crippen molar-refractivity contribution in [3.63, 3.8) is 0 Å². The van der Waals surface area contributed by atoms with E-state index in [9.17, 15) is 9.18 Å². The molecule has 6 heteroatoms. The third kappa shape index (κ3) is 3.62. The van der Waals surface area contributed by atoms with Crippen molar-refractivity contribution in [2.24, 2.45) is 0 Å². The van der Waals surface area contributed by atoms with Crippen molar-refractivity contribution >= 4 is 79.4 Å². The maximum absolute atomic E-state index is 14.0. The molecule has 1 amide bonds. The molecule has 1 N–H and O–H groups in total. The summed E-state index contributed by atoms with van der Waals surface area (Å²) in [5, 5.41) is 2.79. The van der Waals surface area contributed by atoms with Crippen LogP contribution in [0.25, 0.3) is 0 Å². The van der Waals surface area contributed by atoms with Gasteiger partial charge in [-0.05, 0) is 98.5 Å². The van der Waals surface area contributed by atoms with E-state index in [-0.39, 0.29) is 5.56 Å². The number of nitrogens with one attached hydrogen (secondary N) is 1. The van der Waals surface area contributed by atoms with E-state index in [1.807, 2.05) is 12.1 Å². The zero-order chi connectivity index (χ0) is 14.9. The number of anilines is 1. The molecule has 0 aromatic heterocycles. The average molecular weight is 607 g/mol. The number of amides is 1. The van der Waals surface area contributed by atoms with Crippen molar-refractivity contribution in [2.75, 3.05) is 5.32 Å². The number of aryl methyl sites for hydroxylation is 1. The minimum absolute atomic E-state index is 0.0650. The maximum atomic E-state index is 14.0. The summed E-state index contributed by atoms with van der Waals surface area (Å²) in [6.07, 6.45) is 0. The molecule has 0 aliphatic heterocycles. The fourth-order valence-electron chi connectivity index (χ4n) is 1.67. The van der Waals surface area contributed by atoms with E-state index in [0.29, 0.717) is 5.56 Å². The van der Waals surface area contributed by atoms with E-state index >= 15 is 0 Å². The molecule has 2 aromatic carbocycles. The van der Waals surface area contributed by atoms with Crippen molar-refractivity contribution in [2.45, 2.75) is 6.92 Å². The Morgan fingerprint density at radius 1 is 1.15 bits per heavy atom. The molecule has 0 saturated carbocycles. The summed E-state index contributed by atoms with van der Waals surface area (Å²) in [5.74, 6) is -0.899. The van der Waals surface area contributed by atoms with E-state index in [1.54, 1.807) is 19.1 Å². The van der Waals surface area contributed by atoms with Crippen molar-refractivity contribution < 1.29 is 9.18 Å². The van der Waals surface area contributed by atoms with Crippen LogP contribution in [0, 0.1) is 23.5 Å². The zero-order valence-corrected chi connectivity index (χ0v) is 16.8. The Bertz CT molecular complexity index is 665. The molecule has 0 saturated heterocycles. The fraction of sp³-hybridized carbons (Fsp3) is 0.0714. The molecule has 2 nitrogen and oxygen atoms in total. The Morgan fingerprint density at radius 2 is 1.75 bits per heavy atom. The summed E-state index contributed by atoms with van der Waals surface area (Å²) < 4.78 is 16.9. The molecule has 0 aliphatic rings. The van der Waals surface area contributed by atoms with Gasteiger partial charge < -0.3 is 5.32 Å². The normalized spacial score (nSPS) is 10.4. The molecule has 0 fully saturated rings. The van der Waals surface area contributed by atoms with Gasteiger partial charge in [-0.3, -0.25) is 4.79 Å². The number of carbonyl (C=O) groups excluding carboxylic acids is 1. The van der Waals surface area contributed by atoms with Gasteiger partial charge in [0.2, 0.25) is 0 Å². The fourth-order valence-corrected chi connectivity index (χ4v) is 5.52. The molecule has 104 valence electrons. The summed E-state index contributed by atoms with van der Waals surface area (Å²) in [6, 6.07) is 8.74. The number of carbonyl (C=O) groups is 1. The Kier molecular flexibility index (Phi) is 5.63. The van der Waals surface area contributed by atoms with Gasteiger partial charge in [-0.1, -0.05) is 12.1 Å². The summed E-state index contributed by atoms with van der Waals surface area (Å²) in [7, 11) is 0. The molecule has 2 aromatic rings. The molecular weight excluding hydrogens is 598 g/mol. The molecule has 0 bridgehead atoms. The van der Waals surface area contributed by atoms with Gasteiger partial charge in [0, 0.05) is 10.7 Å². The van der Waals surface area contributed by atoms with Crippen molar-refractivity contribution in [3.8, 4) is 0 Å². The van der Waals surface area contributed by atoms with Crippen LogP contribution in [0.4, 0.5) is 10.1 Å². The monoisotopic (exact) mass is 607 g/mol. The highest BCUT2D eigenvalue weighted by Gasteiger charge is 2.16. The van der Waals surface area contributed by atoms with Crippen LogP contribution < -0.4 is 5.32 Å². The first-order valence-electron chi connectivity index (χ1n) is 5.61. The van der Waals surface area contributed by atoms with Crippen molar-refractivity contribution in [1.82, 2.24) is 0 Å². The number of benzene rings is 2. The topological polar surface area (TPSA) is 29.1 Å². The van der Waals surface area contributed by atoms with Crippen LogP contribution >= 0.6 is 67.8 Å². The van der Waals surface area contributed by atoms with Gasteiger partial charge in [-0.25, -0.2) is 4.39 Å². The quantitative estimate of drug-likeness (QED) is 0.468. The van der Waals surface area contributed by atoms with Crippen LogP contribution in [0.5, 0.6) is 0 Å². The highest BCUT2D eigenvalue weighted by atomic mass is 127. The lowest BCUT2D eigenvalue weighted by molar-refractivity contribution is 0.102. The maximum Gasteiger partial charge on any atom is 0.258 e. The Hall–Kier alpha value is 0.0300.